The molecule has 1 saturated heterocycles. The summed E-state index contributed by atoms with van der Waals surface area (Å²) in [7, 11) is 0. The van der Waals surface area contributed by atoms with Crippen LogP contribution in [0.25, 0.3) is 0 Å². The van der Waals surface area contributed by atoms with Crippen molar-refractivity contribution in [2.75, 3.05) is 16.8 Å². The first-order valence-corrected chi connectivity index (χ1v) is 7.45. The van der Waals surface area contributed by atoms with Crippen LogP contribution >= 0.6 is 0 Å². The molecule has 1 heterocycles. The molecule has 0 aromatic heterocycles. The Morgan fingerprint density at radius 1 is 1.12 bits per heavy atom. The van der Waals surface area contributed by atoms with Gasteiger partial charge in [-0.25, -0.2) is 0 Å². The number of carbonyl (C=O) groups is 2. The van der Waals surface area contributed by atoms with Gasteiger partial charge >= 0.3 is 0 Å². The highest BCUT2D eigenvalue weighted by Crippen LogP contribution is 2.27. The number of rotatable bonds is 4. The highest BCUT2D eigenvalue weighted by atomic mass is 16.6. The lowest BCUT2D eigenvalue weighted by Crippen LogP contribution is -2.28. The van der Waals surface area contributed by atoms with E-state index >= 15 is 0 Å². The number of amides is 2. The van der Waals surface area contributed by atoms with Crippen molar-refractivity contribution in [2.24, 2.45) is 5.92 Å². The molecule has 7 heteroatoms. The van der Waals surface area contributed by atoms with Crippen LogP contribution in [0.1, 0.15) is 6.42 Å². The second-order valence-corrected chi connectivity index (χ2v) is 5.53. The molecule has 1 N–H and O–H groups in total. The number of hydrogen-bond acceptors (Lipinski definition) is 4. The van der Waals surface area contributed by atoms with Crippen molar-refractivity contribution in [3.63, 3.8) is 0 Å². The Balaban J connectivity index is 1.69. The smallest absolute Gasteiger partial charge is 0.269 e. The Bertz CT molecular complexity index is 774. The molecular weight excluding hydrogens is 310 g/mol. The van der Waals surface area contributed by atoms with Gasteiger partial charge in [0, 0.05) is 36.5 Å². The Hall–Kier alpha value is -3.22. The van der Waals surface area contributed by atoms with Crippen molar-refractivity contribution in [3.8, 4) is 0 Å². The summed E-state index contributed by atoms with van der Waals surface area (Å²) in [6, 6.07) is 14.8. The minimum Gasteiger partial charge on any atom is -0.326 e. The number of para-hydroxylation sites is 1. The van der Waals surface area contributed by atoms with E-state index in [9.17, 15) is 19.7 Å². The van der Waals surface area contributed by atoms with Gasteiger partial charge in [-0.1, -0.05) is 18.2 Å². The molecule has 1 atom stereocenters. The van der Waals surface area contributed by atoms with E-state index in [-0.39, 0.29) is 30.5 Å². The standard InChI is InChI=1S/C17H15N3O4/c21-16-10-12(17(22)18-13-4-2-1-3-5-13)11-19(16)14-6-8-15(9-7-14)20(23)24/h1-9,12H,10-11H2,(H,18,22)/t12-/m0/s1. The molecule has 1 aliphatic heterocycles. The highest BCUT2D eigenvalue weighted by Gasteiger charge is 2.35. The molecule has 3 rings (SSSR count). The summed E-state index contributed by atoms with van der Waals surface area (Å²) in [5.74, 6) is -0.830. The Morgan fingerprint density at radius 3 is 2.42 bits per heavy atom. The number of nitrogens with one attached hydrogen (secondary N) is 1. The summed E-state index contributed by atoms with van der Waals surface area (Å²) >= 11 is 0. The first kappa shape index (κ1) is 15.7. The normalized spacial score (nSPS) is 16.9. The molecule has 1 fully saturated rings. The molecule has 2 amide bonds. The van der Waals surface area contributed by atoms with E-state index in [0.29, 0.717) is 11.4 Å². The van der Waals surface area contributed by atoms with Crippen molar-refractivity contribution in [2.45, 2.75) is 6.42 Å². The van der Waals surface area contributed by atoms with Gasteiger partial charge in [0.15, 0.2) is 0 Å². The highest BCUT2D eigenvalue weighted by molar-refractivity contribution is 6.03. The van der Waals surface area contributed by atoms with Gasteiger partial charge in [-0.05, 0) is 24.3 Å². The summed E-state index contributed by atoms with van der Waals surface area (Å²) in [6.07, 6.45) is 0.121. The van der Waals surface area contributed by atoms with Crippen molar-refractivity contribution in [1.82, 2.24) is 0 Å². The number of non-ortho nitro benzene ring substituents is 1. The third-order valence-corrected chi connectivity index (χ3v) is 3.91. The number of hydrogen-bond donors (Lipinski definition) is 1. The van der Waals surface area contributed by atoms with E-state index in [2.05, 4.69) is 5.32 Å². The fraction of sp³-hybridized carbons (Fsp3) is 0.176. The molecule has 0 spiro atoms. The van der Waals surface area contributed by atoms with Crippen LogP contribution in [0.4, 0.5) is 17.1 Å². The summed E-state index contributed by atoms with van der Waals surface area (Å²) in [6.45, 7) is 0.259. The van der Waals surface area contributed by atoms with Gasteiger partial charge in [0.2, 0.25) is 11.8 Å². The number of nitro benzene ring substituents is 1. The van der Waals surface area contributed by atoms with Gasteiger partial charge in [0.1, 0.15) is 0 Å². The fourth-order valence-corrected chi connectivity index (χ4v) is 2.65. The van der Waals surface area contributed by atoms with E-state index in [1.807, 2.05) is 18.2 Å². The Kier molecular flexibility index (Phi) is 4.24. The maximum absolute atomic E-state index is 12.3. The molecule has 24 heavy (non-hydrogen) atoms. The minimum atomic E-state index is -0.494. The predicted octanol–water partition coefficient (Wildman–Crippen LogP) is 2.59. The lowest BCUT2D eigenvalue weighted by Gasteiger charge is -2.16. The topological polar surface area (TPSA) is 92.6 Å². The minimum absolute atomic E-state index is 0.0382. The zero-order valence-corrected chi connectivity index (χ0v) is 12.7. The lowest BCUT2D eigenvalue weighted by molar-refractivity contribution is -0.384. The molecule has 1 aliphatic rings. The average molecular weight is 325 g/mol. The molecule has 0 unspecified atom stereocenters. The van der Waals surface area contributed by atoms with Crippen molar-refractivity contribution >= 4 is 28.9 Å². The van der Waals surface area contributed by atoms with E-state index in [1.165, 1.54) is 29.2 Å². The third kappa shape index (κ3) is 3.24. The van der Waals surface area contributed by atoms with Gasteiger partial charge in [0.25, 0.3) is 5.69 Å². The van der Waals surface area contributed by atoms with Crippen molar-refractivity contribution < 1.29 is 14.5 Å². The van der Waals surface area contributed by atoms with Crippen LogP contribution < -0.4 is 10.2 Å². The molecular formula is C17H15N3O4. The number of nitro groups is 1. The SMILES string of the molecule is O=C(Nc1ccccc1)[C@H]1CC(=O)N(c2ccc([N+](=O)[O-])cc2)C1. The third-order valence-electron chi connectivity index (χ3n) is 3.91. The van der Waals surface area contributed by atoms with E-state index in [1.54, 1.807) is 12.1 Å². The zero-order valence-electron chi connectivity index (χ0n) is 12.7. The Labute approximate surface area is 138 Å². The maximum Gasteiger partial charge on any atom is 0.269 e. The number of nitrogens with zero attached hydrogens (tertiary/aromatic N) is 2. The monoisotopic (exact) mass is 325 g/mol. The zero-order chi connectivity index (χ0) is 17.1. The van der Waals surface area contributed by atoms with Crippen LogP contribution in [0.5, 0.6) is 0 Å². The predicted molar refractivity (Wildman–Crippen MR) is 88.6 cm³/mol. The molecule has 0 saturated carbocycles. The molecule has 0 aliphatic carbocycles. The van der Waals surface area contributed by atoms with Crippen LogP contribution in [-0.4, -0.2) is 23.3 Å². The van der Waals surface area contributed by atoms with Crippen LogP contribution in [0.3, 0.4) is 0 Å². The molecule has 0 bridgehead atoms. The summed E-state index contributed by atoms with van der Waals surface area (Å²) in [4.78, 5) is 36.1. The quantitative estimate of drug-likeness (QED) is 0.690. The Morgan fingerprint density at radius 2 is 1.79 bits per heavy atom. The number of benzene rings is 2. The molecule has 122 valence electrons. The van der Waals surface area contributed by atoms with Crippen LogP contribution in [-0.2, 0) is 9.59 Å². The maximum atomic E-state index is 12.3. The van der Waals surface area contributed by atoms with Crippen LogP contribution in [0, 0.1) is 16.0 Å². The van der Waals surface area contributed by atoms with Gasteiger partial charge < -0.3 is 10.2 Å². The second kappa shape index (κ2) is 6.49. The van der Waals surface area contributed by atoms with E-state index in [4.69, 9.17) is 0 Å². The van der Waals surface area contributed by atoms with Crippen LogP contribution in [0.2, 0.25) is 0 Å². The molecule has 2 aromatic carbocycles. The summed E-state index contributed by atoms with van der Waals surface area (Å²) < 4.78 is 0. The summed E-state index contributed by atoms with van der Waals surface area (Å²) in [5, 5.41) is 13.5. The first-order chi connectivity index (χ1) is 11.5. The van der Waals surface area contributed by atoms with Gasteiger partial charge in [-0.2, -0.15) is 0 Å². The van der Waals surface area contributed by atoms with Crippen LogP contribution in [0.15, 0.2) is 54.6 Å². The van der Waals surface area contributed by atoms with Gasteiger partial charge in [-0.15, -0.1) is 0 Å². The molecule has 7 nitrogen and oxygen atoms in total. The molecule has 2 aromatic rings. The lowest BCUT2D eigenvalue weighted by atomic mass is 10.1. The fourth-order valence-electron chi connectivity index (χ4n) is 2.65. The number of anilines is 2. The first-order valence-electron chi connectivity index (χ1n) is 7.45. The van der Waals surface area contributed by atoms with Crippen molar-refractivity contribution in [3.05, 3.63) is 64.7 Å². The average Bonchev–Trinajstić information content (AvgIpc) is 2.98. The largest absolute Gasteiger partial charge is 0.326 e. The van der Waals surface area contributed by atoms with Crippen molar-refractivity contribution in [1.29, 1.82) is 0 Å². The van der Waals surface area contributed by atoms with E-state index in [0.717, 1.165) is 0 Å². The summed E-state index contributed by atoms with van der Waals surface area (Å²) in [5.41, 5.74) is 1.20. The second-order valence-electron chi connectivity index (χ2n) is 5.53. The van der Waals surface area contributed by atoms with Gasteiger partial charge in [-0.3, -0.25) is 19.7 Å². The number of carbonyl (C=O) groups excluding carboxylic acids is 2. The van der Waals surface area contributed by atoms with E-state index < -0.39 is 10.8 Å². The molecule has 0 radical (unpaired) electrons. The van der Waals surface area contributed by atoms with Gasteiger partial charge in [0.05, 0.1) is 10.8 Å².